The first kappa shape index (κ1) is 28.1. The summed E-state index contributed by atoms with van der Waals surface area (Å²) in [5, 5.41) is 31.1. The highest BCUT2D eigenvalue weighted by Gasteiger charge is 2.51. The lowest BCUT2D eigenvalue weighted by Crippen LogP contribution is -2.49. The van der Waals surface area contributed by atoms with E-state index in [0.29, 0.717) is 30.9 Å². The second-order valence-electron chi connectivity index (χ2n) is 9.54. The highest BCUT2D eigenvalue weighted by atomic mass is 32.2. The zero-order valence-corrected chi connectivity index (χ0v) is 21.9. The van der Waals surface area contributed by atoms with Crippen LogP contribution in [0, 0.1) is 28.5 Å². The van der Waals surface area contributed by atoms with Crippen molar-refractivity contribution >= 4 is 28.7 Å². The lowest BCUT2D eigenvalue weighted by molar-refractivity contribution is -0.149. The Morgan fingerprint density at radius 3 is 2.59 bits per heavy atom. The smallest absolute Gasteiger partial charge is 0.273 e. The Morgan fingerprint density at radius 1 is 1.27 bits per heavy atom. The van der Waals surface area contributed by atoms with Gasteiger partial charge in [0.25, 0.3) is 5.91 Å². The fourth-order valence-electron chi connectivity index (χ4n) is 3.83. The van der Waals surface area contributed by atoms with Crippen molar-refractivity contribution in [1.29, 1.82) is 5.26 Å². The average molecular weight is 529 g/mol. The monoisotopic (exact) mass is 528 g/mol. The van der Waals surface area contributed by atoms with Gasteiger partial charge < -0.3 is 10.4 Å². The molecule has 11 heteroatoms. The van der Waals surface area contributed by atoms with E-state index in [2.05, 4.69) is 20.7 Å². The van der Waals surface area contributed by atoms with E-state index in [-0.39, 0.29) is 10.6 Å². The summed E-state index contributed by atoms with van der Waals surface area (Å²) in [6.07, 6.45) is 1.23. The lowest BCUT2D eigenvalue weighted by atomic mass is 9.88. The van der Waals surface area contributed by atoms with Crippen molar-refractivity contribution in [3.63, 3.8) is 0 Å². The molecule has 0 aromatic heterocycles. The Bertz CT molecular complexity index is 1230. The molecular formula is C26H30F2N6O2S. The van der Waals surface area contributed by atoms with Gasteiger partial charge in [-0.15, -0.1) is 0 Å². The minimum atomic E-state index is -1.39. The summed E-state index contributed by atoms with van der Waals surface area (Å²) >= 11 is 1.14. The Kier molecular flexibility index (Phi) is 8.89. The van der Waals surface area contributed by atoms with Crippen molar-refractivity contribution in [2.24, 2.45) is 15.5 Å². The summed E-state index contributed by atoms with van der Waals surface area (Å²) in [6, 6.07) is 12.2. The van der Waals surface area contributed by atoms with E-state index in [9.17, 15) is 18.7 Å². The van der Waals surface area contributed by atoms with Gasteiger partial charge in [-0.3, -0.25) is 15.1 Å². The number of hydrazone groups is 1. The van der Waals surface area contributed by atoms with Crippen LogP contribution < -0.4 is 10.6 Å². The zero-order chi connectivity index (χ0) is 27.2. The van der Waals surface area contributed by atoms with Gasteiger partial charge in [0.05, 0.1) is 0 Å². The number of guanidine groups is 1. The molecule has 2 unspecified atom stereocenters. The Balaban J connectivity index is 2.06. The molecule has 1 heterocycles. The van der Waals surface area contributed by atoms with E-state index in [4.69, 9.17) is 5.26 Å². The average Bonchev–Trinajstić information content (AvgIpc) is 3.27. The number of amides is 1. The first-order valence-corrected chi connectivity index (χ1v) is 12.5. The molecule has 0 saturated heterocycles. The van der Waals surface area contributed by atoms with Gasteiger partial charge in [-0.05, 0) is 42.0 Å². The van der Waals surface area contributed by atoms with Crippen LogP contribution in [0.2, 0.25) is 0 Å². The largest absolute Gasteiger partial charge is 0.383 e. The molecule has 0 saturated carbocycles. The van der Waals surface area contributed by atoms with Crippen LogP contribution in [0.5, 0.6) is 0 Å². The normalized spacial score (nSPS) is 18.7. The summed E-state index contributed by atoms with van der Waals surface area (Å²) in [5.74, 6) is -1.66. The predicted octanol–water partition coefficient (Wildman–Crippen LogP) is 3.89. The zero-order valence-electron chi connectivity index (χ0n) is 21.1. The summed E-state index contributed by atoms with van der Waals surface area (Å²) < 4.78 is 28.9. The van der Waals surface area contributed by atoms with E-state index >= 15 is 0 Å². The fourth-order valence-corrected chi connectivity index (χ4v) is 5.25. The van der Waals surface area contributed by atoms with Crippen LogP contribution in [-0.2, 0) is 9.67 Å². The maximum Gasteiger partial charge on any atom is 0.273 e. The molecule has 0 bridgehead atoms. The van der Waals surface area contributed by atoms with Gasteiger partial charge in [-0.1, -0.05) is 62.9 Å². The number of hydrogen-bond donors (Lipinski definition) is 3. The minimum Gasteiger partial charge on any atom is -0.383 e. The molecule has 196 valence electrons. The number of benzene rings is 2. The first-order valence-electron chi connectivity index (χ1n) is 11.7. The van der Waals surface area contributed by atoms with Crippen molar-refractivity contribution < 1.29 is 18.7 Å². The van der Waals surface area contributed by atoms with Crippen LogP contribution in [0.3, 0.4) is 0 Å². The van der Waals surface area contributed by atoms with Crippen LogP contribution in [0.15, 0.2) is 58.6 Å². The molecule has 2 atom stereocenters. The quantitative estimate of drug-likeness (QED) is 0.165. The van der Waals surface area contributed by atoms with Crippen molar-refractivity contribution in [2.45, 2.75) is 44.6 Å². The van der Waals surface area contributed by atoms with Gasteiger partial charge in [-0.2, -0.15) is 10.4 Å². The summed E-state index contributed by atoms with van der Waals surface area (Å²) in [4.78, 5) is 16.5. The van der Waals surface area contributed by atoms with Crippen LogP contribution in [-0.4, -0.2) is 46.7 Å². The number of nitrogens with one attached hydrogen (secondary N) is 2. The molecule has 37 heavy (non-hydrogen) atoms. The number of carbonyl (C=O) groups excluding carboxylic acids is 1. The van der Waals surface area contributed by atoms with Crippen LogP contribution >= 0.6 is 11.8 Å². The van der Waals surface area contributed by atoms with E-state index in [1.165, 1.54) is 12.1 Å². The van der Waals surface area contributed by atoms with E-state index < -0.39 is 33.9 Å². The molecule has 8 nitrogen and oxygen atoms in total. The third kappa shape index (κ3) is 6.26. The Labute approximate surface area is 219 Å². The molecule has 2 aromatic carbocycles. The van der Waals surface area contributed by atoms with Crippen molar-refractivity contribution in [3.05, 3.63) is 71.3 Å². The molecule has 0 aliphatic carbocycles. The number of aliphatic imine (C=N–C) groups is 1. The van der Waals surface area contributed by atoms with Gasteiger partial charge in [-0.25, -0.2) is 13.8 Å². The highest BCUT2D eigenvalue weighted by molar-refractivity contribution is 8.15. The number of aliphatic hydroxyl groups is 1. The standard InChI is InChI=1S/C26H30F2N6O2S/c1-25(2,3)21(35)23(36)34-26(17-9-6-5-7-10-17,13-8-14-31-24(30-4)32-16-29)37-22(33-34)19-15-18(27)11-12-20(19)28/h5-7,9-12,15,21,35H,8,13-14H2,1-4H3,(H2,30,31,32). The maximum absolute atomic E-state index is 14.8. The predicted molar refractivity (Wildman–Crippen MR) is 140 cm³/mol. The van der Waals surface area contributed by atoms with Crippen molar-refractivity contribution in [2.75, 3.05) is 13.6 Å². The molecule has 3 rings (SSSR count). The molecule has 0 fully saturated rings. The number of hydrogen-bond acceptors (Lipinski definition) is 6. The van der Waals surface area contributed by atoms with Crippen LogP contribution in [0.1, 0.15) is 44.7 Å². The number of rotatable bonds is 7. The first-order chi connectivity index (χ1) is 17.5. The third-order valence-electron chi connectivity index (χ3n) is 5.83. The van der Waals surface area contributed by atoms with E-state index in [1.54, 1.807) is 27.0 Å². The Morgan fingerprint density at radius 2 is 1.97 bits per heavy atom. The second kappa shape index (κ2) is 11.7. The number of nitriles is 1. The topological polar surface area (TPSA) is 113 Å². The molecule has 1 aliphatic heterocycles. The SMILES string of the molecule is CN=C(NC#N)NCCCC1(c2ccccc2)SC(c2cc(F)ccc2F)=NN1C(=O)C(O)C(C)(C)C. The number of nitrogens with zero attached hydrogens (tertiary/aromatic N) is 4. The summed E-state index contributed by atoms with van der Waals surface area (Å²) in [5.41, 5.74) is -0.143. The number of aliphatic hydroxyl groups excluding tert-OH is 1. The van der Waals surface area contributed by atoms with Gasteiger partial charge in [0.1, 0.15) is 27.7 Å². The van der Waals surface area contributed by atoms with Crippen molar-refractivity contribution in [3.8, 4) is 6.19 Å². The molecule has 0 radical (unpaired) electrons. The van der Waals surface area contributed by atoms with E-state index in [0.717, 1.165) is 30.0 Å². The van der Waals surface area contributed by atoms with Crippen molar-refractivity contribution in [1.82, 2.24) is 15.6 Å². The molecule has 0 spiro atoms. The van der Waals surface area contributed by atoms with Gasteiger partial charge in [0, 0.05) is 19.2 Å². The number of halogens is 2. The Hall–Kier alpha value is -3.49. The third-order valence-corrected chi connectivity index (χ3v) is 7.27. The highest BCUT2D eigenvalue weighted by Crippen LogP contribution is 2.51. The molecular weight excluding hydrogens is 498 g/mol. The van der Waals surface area contributed by atoms with Gasteiger partial charge in [0.15, 0.2) is 6.19 Å². The fraction of sp³-hybridized carbons (Fsp3) is 0.385. The van der Waals surface area contributed by atoms with Gasteiger partial charge in [0.2, 0.25) is 5.96 Å². The van der Waals surface area contributed by atoms with E-state index in [1.807, 2.05) is 30.3 Å². The minimum absolute atomic E-state index is 0.0670. The maximum atomic E-state index is 14.8. The molecule has 2 aromatic rings. The molecule has 3 N–H and O–H groups in total. The lowest BCUT2D eigenvalue weighted by Gasteiger charge is -2.38. The van der Waals surface area contributed by atoms with Crippen LogP contribution in [0.4, 0.5) is 8.78 Å². The molecule has 1 aliphatic rings. The summed E-state index contributed by atoms with van der Waals surface area (Å²) in [6.45, 7) is 5.59. The molecule has 1 amide bonds. The van der Waals surface area contributed by atoms with Gasteiger partial charge >= 0.3 is 0 Å². The number of thioether (sulfide) groups is 1. The van der Waals surface area contributed by atoms with Crippen LogP contribution in [0.25, 0.3) is 0 Å². The summed E-state index contributed by atoms with van der Waals surface area (Å²) in [7, 11) is 1.53. The number of carbonyl (C=O) groups is 1. The second-order valence-corrected chi connectivity index (χ2v) is 10.8.